The van der Waals surface area contributed by atoms with Crippen LogP contribution in [0.5, 0.6) is 5.75 Å². The first-order valence-electron chi connectivity index (χ1n) is 5.55. The molecule has 1 atom stereocenters. The molecule has 0 saturated heterocycles. The van der Waals surface area contributed by atoms with Gasteiger partial charge in [-0.05, 0) is 23.1 Å². The minimum atomic E-state index is -1.05. The molecule has 1 N–H and O–H groups in total. The van der Waals surface area contributed by atoms with Gasteiger partial charge in [0.05, 0.1) is 0 Å². The van der Waals surface area contributed by atoms with Crippen molar-refractivity contribution in [2.75, 3.05) is 0 Å². The summed E-state index contributed by atoms with van der Waals surface area (Å²) in [6.45, 7) is 5.27. The standard InChI is InChI=1S/C13H15Cl2NO3/c1-13(2,3)11(12(18)19)16-6-7-4-8(14)5-9(15)10(7)17/h4-6,11,17H,1-3H3,(H,18,19)/p-1/t11-/m1/s1. The summed E-state index contributed by atoms with van der Waals surface area (Å²) in [6.07, 6.45) is 1.21. The molecule has 4 nitrogen and oxygen atoms in total. The first kappa shape index (κ1) is 15.8. The molecule has 0 aromatic heterocycles. The molecular formula is C13H14Cl2NO3-. The summed E-state index contributed by atoms with van der Waals surface area (Å²) in [6, 6.07) is 1.78. The molecule has 0 bridgehead atoms. The highest BCUT2D eigenvalue weighted by atomic mass is 35.5. The van der Waals surface area contributed by atoms with Crippen LogP contribution in [0.1, 0.15) is 26.3 Å². The maximum absolute atomic E-state index is 11.7. The van der Waals surface area contributed by atoms with Gasteiger partial charge in [-0.1, -0.05) is 49.7 Å². The van der Waals surface area contributed by atoms with Crippen molar-refractivity contribution >= 4 is 35.4 Å². The van der Waals surface area contributed by atoms with E-state index in [0.29, 0.717) is 5.02 Å². The number of halogens is 2. The van der Waals surface area contributed by atoms with E-state index >= 15 is 0 Å². The molecule has 0 aliphatic rings. The minimum absolute atomic E-state index is 0.0171. The average Bonchev–Trinajstić information content (AvgIpc) is 2.22. The fourth-order valence-electron chi connectivity index (χ4n) is 1.49. The third-order valence-electron chi connectivity index (χ3n) is 2.45. The van der Waals surface area contributed by atoms with Gasteiger partial charge in [0.15, 0.2) is 6.04 Å². The summed E-state index contributed by atoms with van der Waals surface area (Å²) in [7, 11) is 0. The lowest BCUT2D eigenvalue weighted by molar-refractivity contribution is -0.268. The zero-order valence-corrected chi connectivity index (χ0v) is 12.3. The number of rotatable bonds is 3. The Bertz CT molecular complexity index is 521. The van der Waals surface area contributed by atoms with Crippen LogP contribution in [0.15, 0.2) is 17.1 Å². The van der Waals surface area contributed by atoms with Crippen LogP contribution in [0.3, 0.4) is 0 Å². The van der Waals surface area contributed by atoms with Gasteiger partial charge >= 0.3 is 5.97 Å². The summed E-state index contributed by atoms with van der Waals surface area (Å²) in [5.74, 6) is -1.47. The Morgan fingerprint density at radius 3 is 2.47 bits per heavy atom. The Hall–Kier alpha value is -1.26. The number of hydrogen-bond donors (Lipinski definition) is 1. The van der Waals surface area contributed by atoms with Crippen LogP contribution in [-0.2, 0) is 4.79 Å². The largest absolute Gasteiger partial charge is 0.871 e. The van der Waals surface area contributed by atoms with E-state index in [1.165, 1.54) is 18.3 Å². The van der Waals surface area contributed by atoms with E-state index in [9.17, 15) is 9.90 Å². The van der Waals surface area contributed by atoms with E-state index in [1.807, 2.05) is 0 Å². The van der Waals surface area contributed by atoms with Crippen LogP contribution >= 0.6 is 23.2 Å². The van der Waals surface area contributed by atoms with E-state index in [1.54, 1.807) is 20.8 Å². The average molecular weight is 303 g/mol. The molecule has 1 aromatic rings. The van der Waals surface area contributed by atoms with Crippen LogP contribution in [0.2, 0.25) is 10.0 Å². The molecule has 19 heavy (non-hydrogen) atoms. The molecule has 0 amide bonds. The van der Waals surface area contributed by atoms with Gasteiger partial charge in [-0.25, -0.2) is 4.79 Å². The number of carboxylic acids is 1. The van der Waals surface area contributed by atoms with Crippen molar-refractivity contribution in [3.63, 3.8) is 0 Å². The highest BCUT2D eigenvalue weighted by Gasteiger charge is 2.30. The van der Waals surface area contributed by atoms with Crippen molar-refractivity contribution in [3.05, 3.63) is 27.7 Å². The van der Waals surface area contributed by atoms with Gasteiger partial charge in [-0.2, -0.15) is 0 Å². The normalized spacial score (nSPS) is 13.7. The summed E-state index contributed by atoms with van der Waals surface area (Å²) in [5, 5.41) is 21.1. The highest BCUT2D eigenvalue weighted by molar-refractivity contribution is 6.36. The summed E-state index contributed by atoms with van der Waals surface area (Å²) in [4.78, 5) is 15.1. The predicted molar refractivity (Wildman–Crippen MR) is 74.4 cm³/mol. The van der Waals surface area contributed by atoms with Gasteiger partial charge in [0.25, 0.3) is 0 Å². The third kappa shape index (κ3) is 4.11. The Morgan fingerprint density at radius 2 is 2.00 bits per heavy atom. The second-order valence-electron chi connectivity index (χ2n) is 5.19. The van der Waals surface area contributed by atoms with E-state index in [0.717, 1.165) is 0 Å². The number of carbonyl (C=O) groups is 1. The van der Waals surface area contributed by atoms with Gasteiger partial charge in [0.1, 0.15) is 0 Å². The monoisotopic (exact) mass is 302 g/mol. The van der Waals surface area contributed by atoms with Crippen LogP contribution in [0.4, 0.5) is 0 Å². The molecule has 0 radical (unpaired) electrons. The summed E-state index contributed by atoms with van der Waals surface area (Å²) < 4.78 is 0. The van der Waals surface area contributed by atoms with Crippen molar-refractivity contribution in [3.8, 4) is 5.75 Å². The molecule has 0 spiro atoms. The number of nitrogens with zero attached hydrogens (tertiary/aromatic N) is 1. The fraction of sp³-hybridized carbons (Fsp3) is 0.385. The molecule has 104 valence electrons. The summed E-state index contributed by atoms with van der Waals surface area (Å²) >= 11 is 11.5. The Balaban J connectivity index is 3.14. The molecule has 1 rings (SSSR count). The number of benzene rings is 1. The molecule has 0 unspecified atom stereocenters. The second kappa shape index (κ2) is 5.80. The molecular weight excluding hydrogens is 289 g/mol. The molecule has 6 heteroatoms. The SMILES string of the molecule is CC(C)(C)[C@H](N=Cc1cc(Cl)cc(Cl)c1[O-])C(=O)O. The van der Waals surface area contributed by atoms with Crippen LogP contribution in [0.25, 0.3) is 0 Å². The van der Waals surface area contributed by atoms with Gasteiger partial charge in [-0.15, -0.1) is 0 Å². The molecule has 0 aliphatic carbocycles. The zero-order chi connectivity index (χ0) is 14.8. The third-order valence-corrected chi connectivity index (χ3v) is 2.95. The lowest BCUT2D eigenvalue weighted by Gasteiger charge is -2.23. The maximum atomic E-state index is 11.7. The van der Waals surface area contributed by atoms with Crippen LogP contribution in [0, 0.1) is 5.41 Å². The van der Waals surface area contributed by atoms with Crippen molar-refractivity contribution in [2.45, 2.75) is 26.8 Å². The van der Waals surface area contributed by atoms with Gasteiger partial charge in [0, 0.05) is 16.3 Å². The van der Waals surface area contributed by atoms with Crippen LogP contribution < -0.4 is 5.11 Å². The number of aliphatic imine (C=N–C) groups is 1. The lowest BCUT2D eigenvalue weighted by Crippen LogP contribution is -2.32. The lowest BCUT2D eigenvalue weighted by atomic mass is 9.87. The van der Waals surface area contributed by atoms with Crippen molar-refractivity contribution < 1.29 is 15.0 Å². The smallest absolute Gasteiger partial charge is 0.328 e. The number of hydrogen-bond acceptors (Lipinski definition) is 3. The van der Waals surface area contributed by atoms with E-state index < -0.39 is 23.2 Å². The van der Waals surface area contributed by atoms with E-state index in [-0.39, 0.29) is 10.6 Å². The molecule has 0 heterocycles. The van der Waals surface area contributed by atoms with E-state index in [4.69, 9.17) is 28.3 Å². The Labute approximate surface area is 121 Å². The van der Waals surface area contributed by atoms with Gasteiger partial charge in [-0.3, -0.25) is 4.99 Å². The van der Waals surface area contributed by atoms with Gasteiger partial charge < -0.3 is 10.2 Å². The molecule has 0 fully saturated rings. The molecule has 0 saturated carbocycles. The summed E-state index contributed by atoms with van der Waals surface area (Å²) in [5.41, 5.74) is -0.388. The van der Waals surface area contributed by atoms with Crippen molar-refractivity contribution in [1.29, 1.82) is 0 Å². The van der Waals surface area contributed by atoms with Crippen molar-refractivity contribution in [1.82, 2.24) is 0 Å². The molecule has 0 aliphatic heterocycles. The highest BCUT2D eigenvalue weighted by Crippen LogP contribution is 2.28. The van der Waals surface area contributed by atoms with Crippen molar-refractivity contribution in [2.24, 2.45) is 10.4 Å². The van der Waals surface area contributed by atoms with Crippen LogP contribution in [-0.4, -0.2) is 23.3 Å². The Kier molecular flexibility index (Phi) is 4.82. The first-order chi connectivity index (χ1) is 8.62. The van der Waals surface area contributed by atoms with Gasteiger partial charge in [0.2, 0.25) is 0 Å². The maximum Gasteiger partial charge on any atom is 0.328 e. The first-order valence-corrected chi connectivity index (χ1v) is 6.30. The fourth-order valence-corrected chi connectivity index (χ4v) is 2.00. The Morgan fingerprint density at radius 1 is 1.42 bits per heavy atom. The topological polar surface area (TPSA) is 72.7 Å². The van der Waals surface area contributed by atoms with E-state index in [2.05, 4.69) is 4.99 Å². The quantitative estimate of drug-likeness (QED) is 0.872. The molecule has 1 aromatic carbocycles. The minimum Gasteiger partial charge on any atom is -0.871 e. The number of carboxylic acid groups (broad SMARTS) is 1. The predicted octanol–water partition coefficient (Wildman–Crippen LogP) is 2.99. The number of aliphatic carboxylic acids is 1. The second-order valence-corrected chi connectivity index (χ2v) is 6.03. The zero-order valence-electron chi connectivity index (χ0n) is 10.8.